The van der Waals surface area contributed by atoms with E-state index in [0.717, 1.165) is 56.0 Å². The van der Waals surface area contributed by atoms with Crippen molar-refractivity contribution in [2.45, 2.75) is 44.6 Å². The number of anilines is 1. The number of carbonyl (C=O) groups excluding carboxylic acids is 2. The van der Waals surface area contributed by atoms with Crippen molar-refractivity contribution in [3.8, 4) is 0 Å². The molecule has 26 heavy (non-hydrogen) atoms. The van der Waals surface area contributed by atoms with Crippen LogP contribution >= 0.6 is 11.8 Å². The first kappa shape index (κ1) is 18.8. The van der Waals surface area contributed by atoms with Crippen molar-refractivity contribution < 1.29 is 19.1 Å². The molecule has 3 rings (SSSR count). The minimum Gasteiger partial charge on any atom is -0.449 e. The topological polar surface area (TPSA) is 72.0 Å². The van der Waals surface area contributed by atoms with Crippen molar-refractivity contribution in [1.82, 2.24) is 9.88 Å². The van der Waals surface area contributed by atoms with Gasteiger partial charge in [-0.05, 0) is 56.6 Å². The van der Waals surface area contributed by atoms with E-state index < -0.39 is 6.09 Å². The summed E-state index contributed by atoms with van der Waals surface area (Å²) in [6.45, 7) is 2.04. The summed E-state index contributed by atoms with van der Waals surface area (Å²) in [6, 6.07) is 3.28. The average molecular weight is 382 g/mol. The fraction of sp³-hybridized carbons (Fsp3) is 0.611. The van der Waals surface area contributed by atoms with Crippen LogP contribution in [0.2, 0.25) is 0 Å². The molecule has 2 aliphatic rings. The van der Waals surface area contributed by atoms with E-state index in [2.05, 4.69) is 4.98 Å². The van der Waals surface area contributed by atoms with Crippen LogP contribution < -0.4 is 4.42 Å². The van der Waals surface area contributed by atoms with Crippen molar-refractivity contribution >= 4 is 29.7 Å². The number of pyridine rings is 1. The molecule has 1 aliphatic carbocycles. The number of rotatable bonds is 4. The van der Waals surface area contributed by atoms with Crippen molar-refractivity contribution in [2.75, 3.05) is 24.1 Å². The molecule has 2 amide bonds. The minimum absolute atomic E-state index is 0.156. The number of likely N-dealkylation sites (tertiary alicyclic amines) is 1. The summed E-state index contributed by atoms with van der Waals surface area (Å²) in [4.78, 5) is 29.7. The van der Waals surface area contributed by atoms with Crippen LogP contribution in [0.3, 0.4) is 0 Å². The van der Waals surface area contributed by atoms with E-state index in [1.165, 1.54) is 0 Å². The molecule has 0 spiro atoms. The van der Waals surface area contributed by atoms with Crippen LogP contribution in [-0.2, 0) is 9.47 Å². The number of halogens is 1. The summed E-state index contributed by atoms with van der Waals surface area (Å²) in [5.74, 6) is 0.323. The number of carbonyl (C=O) groups is 2. The maximum atomic E-state index is 12.1. The van der Waals surface area contributed by atoms with Gasteiger partial charge in [-0.2, -0.15) is 4.42 Å². The molecule has 1 saturated heterocycles. The zero-order valence-electron chi connectivity index (χ0n) is 14.7. The Balaban J connectivity index is 1.37. The van der Waals surface area contributed by atoms with E-state index in [1.54, 1.807) is 29.4 Å². The molecule has 0 radical (unpaired) electrons. The number of hydrogen-bond acceptors (Lipinski definition) is 5. The predicted octanol–water partition coefficient (Wildman–Crippen LogP) is 3.97. The van der Waals surface area contributed by atoms with Gasteiger partial charge in [0.05, 0.1) is 12.3 Å². The second kappa shape index (κ2) is 9.07. The molecule has 2 fully saturated rings. The third-order valence-corrected chi connectivity index (χ3v) is 5.25. The number of aromatic nitrogens is 1. The summed E-state index contributed by atoms with van der Waals surface area (Å²) < 4.78 is 11.9. The van der Waals surface area contributed by atoms with Gasteiger partial charge in [0.25, 0.3) is 0 Å². The first-order valence-electron chi connectivity index (χ1n) is 9.11. The fourth-order valence-corrected chi connectivity index (χ4v) is 3.52. The number of ether oxygens (including phenoxy) is 2. The Morgan fingerprint density at radius 1 is 1.15 bits per heavy atom. The maximum absolute atomic E-state index is 12.1. The normalized spacial score (nSPS) is 22.7. The molecule has 0 unspecified atom stereocenters. The van der Waals surface area contributed by atoms with E-state index in [9.17, 15) is 9.59 Å². The van der Waals surface area contributed by atoms with Crippen LogP contribution in [-0.4, -0.2) is 47.9 Å². The van der Waals surface area contributed by atoms with Gasteiger partial charge in [0, 0.05) is 37.3 Å². The standard InChI is InChI=1S/C18H24ClN3O4/c19-22(15-7-9-20-10-8-15)18(24)26-16-5-3-14(4-6-16)13-25-17(23)21-11-1-2-12-21/h7-10,14,16H,1-6,11-13H2. The van der Waals surface area contributed by atoms with E-state index in [0.29, 0.717) is 18.2 Å². The van der Waals surface area contributed by atoms with Crippen LogP contribution in [0.1, 0.15) is 38.5 Å². The number of nitrogens with zero attached hydrogens (tertiary/aromatic N) is 3. The molecule has 1 saturated carbocycles. The lowest BCUT2D eigenvalue weighted by molar-refractivity contribution is 0.0486. The lowest BCUT2D eigenvalue weighted by Gasteiger charge is -2.29. The second-order valence-corrected chi connectivity index (χ2v) is 7.12. The van der Waals surface area contributed by atoms with Crippen LogP contribution in [0, 0.1) is 5.92 Å². The first-order valence-corrected chi connectivity index (χ1v) is 9.45. The zero-order chi connectivity index (χ0) is 18.4. The summed E-state index contributed by atoms with van der Waals surface area (Å²) >= 11 is 6.02. The molecule has 1 aromatic rings. The highest BCUT2D eigenvalue weighted by atomic mass is 35.5. The van der Waals surface area contributed by atoms with E-state index >= 15 is 0 Å². The second-order valence-electron chi connectivity index (χ2n) is 6.78. The molecule has 2 heterocycles. The molecular formula is C18H24ClN3O4. The molecule has 8 heteroatoms. The third kappa shape index (κ3) is 5.00. The van der Waals surface area contributed by atoms with Gasteiger partial charge in [-0.1, -0.05) is 0 Å². The highest BCUT2D eigenvalue weighted by Crippen LogP contribution is 2.28. The van der Waals surface area contributed by atoms with Gasteiger partial charge < -0.3 is 14.4 Å². The molecule has 0 atom stereocenters. The molecule has 0 bridgehead atoms. The third-order valence-electron chi connectivity index (χ3n) is 4.92. The van der Waals surface area contributed by atoms with Gasteiger partial charge in [-0.3, -0.25) is 4.98 Å². The molecular weight excluding hydrogens is 358 g/mol. The zero-order valence-corrected chi connectivity index (χ0v) is 15.4. The van der Waals surface area contributed by atoms with Crippen molar-refractivity contribution in [1.29, 1.82) is 0 Å². The highest BCUT2D eigenvalue weighted by molar-refractivity contribution is 6.35. The maximum Gasteiger partial charge on any atom is 0.429 e. The van der Waals surface area contributed by atoms with Crippen molar-refractivity contribution in [2.24, 2.45) is 5.92 Å². The molecule has 142 valence electrons. The van der Waals surface area contributed by atoms with E-state index in [4.69, 9.17) is 21.3 Å². The molecule has 1 aliphatic heterocycles. The Morgan fingerprint density at radius 2 is 1.81 bits per heavy atom. The summed E-state index contributed by atoms with van der Waals surface area (Å²) in [5, 5.41) is 0. The van der Waals surface area contributed by atoms with Gasteiger partial charge in [0.15, 0.2) is 0 Å². The first-order chi connectivity index (χ1) is 12.6. The van der Waals surface area contributed by atoms with Gasteiger partial charge in [0.1, 0.15) is 6.10 Å². The van der Waals surface area contributed by atoms with Crippen molar-refractivity contribution in [3.05, 3.63) is 24.5 Å². The van der Waals surface area contributed by atoms with Gasteiger partial charge in [-0.25, -0.2) is 9.59 Å². The molecule has 0 N–H and O–H groups in total. The predicted molar refractivity (Wildman–Crippen MR) is 97.0 cm³/mol. The molecule has 7 nitrogen and oxygen atoms in total. The Bertz CT molecular complexity index is 602. The fourth-order valence-electron chi connectivity index (χ4n) is 3.37. The van der Waals surface area contributed by atoms with Crippen LogP contribution in [0.15, 0.2) is 24.5 Å². The lowest BCUT2D eigenvalue weighted by atomic mass is 9.88. The Hall–Kier alpha value is -2.02. The monoisotopic (exact) mass is 381 g/mol. The smallest absolute Gasteiger partial charge is 0.429 e. The van der Waals surface area contributed by atoms with Gasteiger partial charge in [0.2, 0.25) is 0 Å². The average Bonchev–Trinajstić information content (AvgIpc) is 3.22. The molecule has 0 aromatic carbocycles. The minimum atomic E-state index is -0.582. The van der Waals surface area contributed by atoms with Gasteiger partial charge >= 0.3 is 12.2 Å². The Kier molecular flexibility index (Phi) is 6.55. The lowest BCUT2D eigenvalue weighted by Crippen LogP contribution is -2.33. The summed E-state index contributed by atoms with van der Waals surface area (Å²) in [7, 11) is 0. The van der Waals surface area contributed by atoms with Crippen LogP contribution in [0.4, 0.5) is 15.3 Å². The van der Waals surface area contributed by atoms with Gasteiger partial charge in [-0.15, -0.1) is 0 Å². The van der Waals surface area contributed by atoms with E-state index in [1.807, 2.05) is 0 Å². The summed E-state index contributed by atoms with van der Waals surface area (Å²) in [6.07, 6.45) is 7.53. The quantitative estimate of drug-likeness (QED) is 0.738. The number of amides is 2. The summed E-state index contributed by atoms with van der Waals surface area (Å²) in [5.41, 5.74) is 0.522. The Labute approximate surface area is 158 Å². The SMILES string of the molecule is O=C(OCC1CCC(OC(=O)N(Cl)c2ccncc2)CC1)N1CCCC1. The van der Waals surface area contributed by atoms with E-state index in [-0.39, 0.29) is 12.2 Å². The van der Waals surface area contributed by atoms with Crippen LogP contribution in [0.25, 0.3) is 0 Å². The van der Waals surface area contributed by atoms with Crippen LogP contribution in [0.5, 0.6) is 0 Å². The molecule has 1 aromatic heterocycles. The van der Waals surface area contributed by atoms with Crippen molar-refractivity contribution in [3.63, 3.8) is 0 Å². The highest BCUT2D eigenvalue weighted by Gasteiger charge is 2.27. The largest absolute Gasteiger partial charge is 0.449 e. The number of hydrogen-bond donors (Lipinski definition) is 0. The Morgan fingerprint density at radius 3 is 2.46 bits per heavy atom.